The molecule has 0 unspecified atom stereocenters. The van der Waals surface area contributed by atoms with E-state index in [9.17, 15) is 21.6 Å². The lowest BCUT2D eigenvalue weighted by atomic mass is 10.1. The van der Waals surface area contributed by atoms with Crippen molar-refractivity contribution in [3.8, 4) is 5.75 Å². The van der Waals surface area contributed by atoms with Crippen LogP contribution in [0, 0.1) is 0 Å². The molecule has 0 spiro atoms. The van der Waals surface area contributed by atoms with Crippen molar-refractivity contribution in [2.75, 3.05) is 30.6 Å². The largest absolute Gasteiger partial charge is 0.497 e. The molecule has 0 radical (unpaired) electrons. The fraction of sp³-hybridized carbons (Fsp3) is 0.467. The molecule has 1 saturated heterocycles. The smallest absolute Gasteiger partial charge is 0.451 e. The molecule has 2 aromatic rings. The number of anilines is 1. The number of fused-ring (bicyclic) bond motifs is 1. The number of halogens is 3. The number of ether oxygens (including phenoxy) is 1. The van der Waals surface area contributed by atoms with Gasteiger partial charge in [0.25, 0.3) is 0 Å². The Labute approximate surface area is 142 Å². The van der Waals surface area contributed by atoms with Crippen LogP contribution in [0.2, 0.25) is 0 Å². The van der Waals surface area contributed by atoms with Gasteiger partial charge in [-0.05, 0) is 18.6 Å². The second-order valence-corrected chi connectivity index (χ2v) is 8.15. The molecule has 3 rings (SSSR count). The second-order valence-electron chi connectivity index (χ2n) is 5.92. The molecule has 10 heteroatoms. The molecule has 0 bridgehead atoms. The van der Waals surface area contributed by atoms with Gasteiger partial charge in [0.05, 0.1) is 24.1 Å². The Morgan fingerprint density at radius 1 is 1.28 bits per heavy atom. The van der Waals surface area contributed by atoms with Gasteiger partial charge in [-0.1, -0.05) is 0 Å². The van der Waals surface area contributed by atoms with Crippen molar-refractivity contribution in [1.29, 1.82) is 0 Å². The molecule has 2 heterocycles. The summed E-state index contributed by atoms with van der Waals surface area (Å²) in [5.41, 5.74) is 0.0874. The van der Waals surface area contributed by atoms with Crippen LogP contribution in [0.5, 0.6) is 5.75 Å². The van der Waals surface area contributed by atoms with Crippen LogP contribution in [0.3, 0.4) is 0 Å². The van der Waals surface area contributed by atoms with Crippen LogP contribution in [-0.2, 0) is 16.0 Å². The third-order valence-corrected chi connectivity index (χ3v) is 5.98. The highest BCUT2D eigenvalue weighted by molar-refractivity contribution is 7.91. The van der Waals surface area contributed by atoms with Crippen LogP contribution in [0.15, 0.2) is 18.2 Å². The summed E-state index contributed by atoms with van der Waals surface area (Å²) in [6.45, 7) is 0. The first-order valence-corrected chi connectivity index (χ1v) is 9.29. The maximum atomic E-state index is 13.2. The number of benzene rings is 1. The Balaban J connectivity index is 2.15. The van der Waals surface area contributed by atoms with Crippen molar-refractivity contribution in [3.05, 3.63) is 24.0 Å². The standard InChI is InChI=1S/C15H16F3N3O3S/c1-21(9-5-6-25(22,23)8-9)13-11-4-3-10(24-2)7-12(11)19-14(20-13)15(16,17)18/h3-4,7,9H,5-6,8H2,1-2H3/t9-/m1/s1. The van der Waals surface area contributed by atoms with Crippen molar-refractivity contribution in [2.24, 2.45) is 0 Å². The minimum atomic E-state index is -4.71. The Morgan fingerprint density at radius 2 is 2.00 bits per heavy atom. The summed E-state index contributed by atoms with van der Waals surface area (Å²) in [5, 5.41) is 0.403. The van der Waals surface area contributed by atoms with E-state index in [0.29, 0.717) is 17.6 Å². The molecule has 1 aliphatic rings. The van der Waals surface area contributed by atoms with E-state index in [1.54, 1.807) is 19.2 Å². The molecule has 1 aromatic carbocycles. The first kappa shape index (κ1) is 17.7. The Morgan fingerprint density at radius 3 is 2.56 bits per heavy atom. The van der Waals surface area contributed by atoms with Gasteiger partial charge >= 0.3 is 6.18 Å². The zero-order valence-electron chi connectivity index (χ0n) is 13.5. The Hall–Kier alpha value is -2.10. The van der Waals surface area contributed by atoms with E-state index in [-0.39, 0.29) is 22.8 Å². The molecular weight excluding hydrogens is 359 g/mol. The van der Waals surface area contributed by atoms with Gasteiger partial charge in [-0.2, -0.15) is 13.2 Å². The average molecular weight is 375 g/mol. The fourth-order valence-corrected chi connectivity index (χ4v) is 4.64. The predicted molar refractivity (Wildman–Crippen MR) is 86.6 cm³/mol. The predicted octanol–water partition coefficient (Wildman–Crippen LogP) is 2.28. The minimum Gasteiger partial charge on any atom is -0.497 e. The highest BCUT2D eigenvalue weighted by Gasteiger charge is 2.37. The van der Waals surface area contributed by atoms with Crippen LogP contribution < -0.4 is 9.64 Å². The van der Waals surface area contributed by atoms with Gasteiger partial charge in [0.1, 0.15) is 11.6 Å². The van der Waals surface area contributed by atoms with Crippen molar-refractivity contribution in [1.82, 2.24) is 9.97 Å². The van der Waals surface area contributed by atoms with Crippen LogP contribution in [-0.4, -0.2) is 50.1 Å². The van der Waals surface area contributed by atoms with Crippen LogP contribution in [0.25, 0.3) is 10.9 Å². The third kappa shape index (κ3) is 3.48. The molecule has 0 amide bonds. The summed E-state index contributed by atoms with van der Waals surface area (Å²) in [7, 11) is -0.219. The first-order valence-electron chi connectivity index (χ1n) is 7.47. The molecule has 0 N–H and O–H groups in total. The van der Waals surface area contributed by atoms with Gasteiger partial charge in [0.15, 0.2) is 9.84 Å². The van der Waals surface area contributed by atoms with Gasteiger partial charge in [0, 0.05) is 24.5 Å². The minimum absolute atomic E-state index is 0.0188. The second kappa shape index (κ2) is 6.01. The number of hydrogen-bond donors (Lipinski definition) is 0. The summed E-state index contributed by atoms with van der Waals surface area (Å²) in [6, 6.07) is 4.14. The zero-order chi connectivity index (χ0) is 18.4. The van der Waals surface area contributed by atoms with Gasteiger partial charge < -0.3 is 9.64 Å². The average Bonchev–Trinajstić information content (AvgIpc) is 2.91. The quantitative estimate of drug-likeness (QED) is 0.820. The number of methoxy groups -OCH3 is 1. The highest BCUT2D eigenvalue weighted by Crippen LogP contribution is 2.34. The van der Waals surface area contributed by atoms with Gasteiger partial charge in [-0.3, -0.25) is 0 Å². The van der Waals surface area contributed by atoms with Gasteiger partial charge in [0.2, 0.25) is 5.82 Å². The molecule has 1 atom stereocenters. The van der Waals surface area contributed by atoms with Crippen molar-refractivity contribution in [3.63, 3.8) is 0 Å². The van der Waals surface area contributed by atoms with E-state index in [4.69, 9.17) is 4.74 Å². The van der Waals surface area contributed by atoms with E-state index in [2.05, 4.69) is 9.97 Å². The number of sulfone groups is 1. The maximum Gasteiger partial charge on any atom is 0.451 e. The number of nitrogens with zero attached hydrogens (tertiary/aromatic N) is 3. The van der Waals surface area contributed by atoms with Gasteiger partial charge in [-0.25, -0.2) is 18.4 Å². The summed E-state index contributed by atoms with van der Waals surface area (Å²) in [6.07, 6.45) is -4.36. The molecular formula is C15H16F3N3O3S. The van der Waals surface area contributed by atoms with Crippen molar-refractivity contribution >= 4 is 26.6 Å². The first-order chi connectivity index (χ1) is 11.6. The molecule has 1 fully saturated rings. The number of hydrogen-bond acceptors (Lipinski definition) is 6. The normalized spacial score (nSPS) is 20.0. The lowest BCUT2D eigenvalue weighted by molar-refractivity contribution is -0.144. The van der Waals surface area contributed by atoms with E-state index in [1.165, 1.54) is 18.1 Å². The topological polar surface area (TPSA) is 72.4 Å². The highest BCUT2D eigenvalue weighted by atomic mass is 32.2. The van der Waals surface area contributed by atoms with E-state index >= 15 is 0 Å². The van der Waals surface area contributed by atoms with Crippen LogP contribution in [0.4, 0.5) is 19.0 Å². The lowest BCUT2D eigenvalue weighted by Crippen LogP contribution is -2.34. The summed E-state index contributed by atoms with van der Waals surface area (Å²) in [4.78, 5) is 8.76. The fourth-order valence-electron chi connectivity index (χ4n) is 2.87. The Bertz CT molecular complexity index is 915. The molecule has 1 aromatic heterocycles. The summed E-state index contributed by atoms with van der Waals surface area (Å²) in [5.74, 6) is -0.924. The molecule has 0 saturated carbocycles. The molecule has 0 aliphatic carbocycles. The van der Waals surface area contributed by atoms with Crippen molar-refractivity contribution in [2.45, 2.75) is 18.6 Å². The zero-order valence-corrected chi connectivity index (χ0v) is 14.4. The summed E-state index contributed by atoms with van der Waals surface area (Å²) < 4.78 is 67.9. The van der Waals surface area contributed by atoms with Crippen LogP contribution >= 0.6 is 0 Å². The maximum absolute atomic E-state index is 13.2. The molecule has 6 nitrogen and oxygen atoms in total. The molecule has 1 aliphatic heterocycles. The number of alkyl halides is 3. The van der Waals surface area contributed by atoms with E-state index < -0.39 is 27.9 Å². The molecule has 25 heavy (non-hydrogen) atoms. The van der Waals surface area contributed by atoms with Gasteiger partial charge in [-0.15, -0.1) is 0 Å². The summed E-state index contributed by atoms with van der Waals surface area (Å²) >= 11 is 0. The molecule has 136 valence electrons. The monoisotopic (exact) mass is 375 g/mol. The van der Waals surface area contributed by atoms with Crippen LogP contribution in [0.1, 0.15) is 12.2 Å². The lowest BCUT2D eigenvalue weighted by Gasteiger charge is -2.26. The number of aromatic nitrogens is 2. The van der Waals surface area contributed by atoms with E-state index in [1.807, 2.05) is 0 Å². The van der Waals surface area contributed by atoms with Crippen molar-refractivity contribution < 1.29 is 26.3 Å². The number of rotatable bonds is 3. The van der Waals surface area contributed by atoms with E-state index in [0.717, 1.165) is 0 Å². The third-order valence-electron chi connectivity index (χ3n) is 4.23. The Kier molecular flexibility index (Phi) is 4.26. The SMILES string of the molecule is COc1ccc2c(N(C)[C@@H]3CCS(=O)(=O)C3)nc(C(F)(F)F)nc2c1.